The van der Waals surface area contributed by atoms with Crippen molar-refractivity contribution in [2.75, 3.05) is 25.4 Å². The van der Waals surface area contributed by atoms with Gasteiger partial charge in [-0.2, -0.15) is 5.26 Å². The smallest absolute Gasteiger partial charge is 0.411 e. The molecule has 0 aliphatic carbocycles. The molecule has 3 rings (SSSR count). The third-order valence-electron chi connectivity index (χ3n) is 5.59. The second kappa shape index (κ2) is 8.83. The number of nitrogens with two attached hydrogens (primary N) is 1. The van der Waals surface area contributed by atoms with E-state index in [1.165, 1.54) is 4.90 Å². The van der Waals surface area contributed by atoms with Gasteiger partial charge in [0.05, 0.1) is 11.1 Å². The van der Waals surface area contributed by atoms with Gasteiger partial charge < -0.3 is 20.1 Å². The minimum atomic E-state index is -1.27. The third-order valence-corrected chi connectivity index (χ3v) is 5.88. The van der Waals surface area contributed by atoms with Gasteiger partial charge in [-0.15, -0.1) is 0 Å². The highest BCUT2D eigenvalue weighted by molar-refractivity contribution is 6.32. The van der Waals surface area contributed by atoms with E-state index in [9.17, 15) is 14.9 Å². The molecule has 0 aromatic heterocycles. The van der Waals surface area contributed by atoms with Crippen LogP contribution in [-0.2, 0) is 9.53 Å². The number of nitrogens with zero attached hydrogens (tertiary/aromatic N) is 3. The van der Waals surface area contributed by atoms with Crippen molar-refractivity contribution in [1.82, 2.24) is 9.80 Å². The van der Waals surface area contributed by atoms with Gasteiger partial charge in [0.2, 0.25) is 0 Å². The van der Waals surface area contributed by atoms with E-state index >= 15 is 0 Å². The summed E-state index contributed by atoms with van der Waals surface area (Å²) in [6, 6.07) is 6.55. The fraction of sp³-hybridized carbons (Fsp3) is 0.591. The van der Waals surface area contributed by atoms with E-state index in [2.05, 4.69) is 6.07 Å². The van der Waals surface area contributed by atoms with Crippen molar-refractivity contribution in [3.05, 3.63) is 23.2 Å². The Kier molecular flexibility index (Phi) is 6.56. The standard InChI is InChI=1S/C22H29ClN4O4/c1-21(2,3)31-20(29)27-11-5-9-22(27,19(28)26-10-4-6-16(26)13-24)14-30-18-8-7-15(25)12-17(18)23/h7-8,12,16H,4-6,9-11,14,25H2,1-3H3/t16-,22+/m0/s1. The molecule has 0 spiro atoms. The summed E-state index contributed by atoms with van der Waals surface area (Å²) in [7, 11) is 0. The monoisotopic (exact) mass is 448 g/mol. The molecule has 168 valence electrons. The van der Waals surface area contributed by atoms with Gasteiger partial charge in [-0.25, -0.2) is 4.79 Å². The van der Waals surface area contributed by atoms with Gasteiger partial charge in [0.1, 0.15) is 24.0 Å². The molecule has 2 aliphatic heterocycles. The average molecular weight is 449 g/mol. The van der Waals surface area contributed by atoms with Crippen LogP contribution in [0.3, 0.4) is 0 Å². The lowest BCUT2D eigenvalue weighted by Gasteiger charge is -2.40. The topological polar surface area (TPSA) is 109 Å². The molecular weight excluding hydrogens is 420 g/mol. The van der Waals surface area contributed by atoms with Crippen LogP contribution in [0.2, 0.25) is 5.02 Å². The summed E-state index contributed by atoms with van der Waals surface area (Å²) in [6.45, 7) is 6.08. The van der Waals surface area contributed by atoms with Crippen molar-refractivity contribution in [2.45, 2.75) is 63.6 Å². The zero-order chi connectivity index (χ0) is 22.8. The van der Waals surface area contributed by atoms with Crippen LogP contribution in [0.4, 0.5) is 10.5 Å². The molecule has 2 saturated heterocycles. The van der Waals surface area contributed by atoms with Gasteiger partial charge in [-0.3, -0.25) is 9.69 Å². The molecule has 0 saturated carbocycles. The van der Waals surface area contributed by atoms with Gasteiger partial charge in [-0.1, -0.05) is 11.6 Å². The minimum Gasteiger partial charge on any atom is -0.489 e. The van der Waals surface area contributed by atoms with Crippen LogP contribution >= 0.6 is 11.6 Å². The maximum atomic E-state index is 13.8. The molecule has 2 heterocycles. The van der Waals surface area contributed by atoms with E-state index in [0.29, 0.717) is 48.8 Å². The Labute approximate surface area is 187 Å². The zero-order valence-corrected chi connectivity index (χ0v) is 18.9. The molecule has 2 aliphatic rings. The molecule has 0 bridgehead atoms. The number of nitriles is 1. The maximum absolute atomic E-state index is 13.8. The van der Waals surface area contributed by atoms with Crippen molar-refractivity contribution >= 4 is 29.3 Å². The number of rotatable bonds is 4. The van der Waals surface area contributed by atoms with Crippen LogP contribution in [0.5, 0.6) is 5.75 Å². The highest BCUT2D eigenvalue weighted by Crippen LogP contribution is 2.37. The van der Waals surface area contributed by atoms with E-state index in [1.54, 1.807) is 43.9 Å². The number of benzene rings is 1. The maximum Gasteiger partial charge on any atom is 0.411 e. The minimum absolute atomic E-state index is 0.0939. The number of hydrogen-bond donors (Lipinski definition) is 1. The first-order chi connectivity index (χ1) is 14.6. The Morgan fingerprint density at radius 3 is 2.71 bits per heavy atom. The number of carbonyl (C=O) groups is 2. The van der Waals surface area contributed by atoms with Crippen LogP contribution in [0.1, 0.15) is 46.5 Å². The van der Waals surface area contributed by atoms with Crippen molar-refractivity contribution in [2.24, 2.45) is 0 Å². The fourth-order valence-electron chi connectivity index (χ4n) is 4.14. The van der Waals surface area contributed by atoms with E-state index in [0.717, 1.165) is 6.42 Å². The summed E-state index contributed by atoms with van der Waals surface area (Å²) in [5, 5.41) is 9.82. The van der Waals surface area contributed by atoms with E-state index < -0.39 is 23.3 Å². The van der Waals surface area contributed by atoms with Crippen molar-refractivity contribution in [3.63, 3.8) is 0 Å². The number of halogens is 1. The van der Waals surface area contributed by atoms with Crippen molar-refractivity contribution < 1.29 is 19.1 Å². The van der Waals surface area contributed by atoms with Crippen molar-refractivity contribution in [3.8, 4) is 11.8 Å². The number of hydrogen-bond acceptors (Lipinski definition) is 6. The molecule has 2 N–H and O–H groups in total. The molecule has 0 unspecified atom stereocenters. The molecule has 1 aromatic carbocycles. The van der Waals surface area contributed by atoms with Crippen LogP contribution in [0, 0.1) is 11.3 Å². The summed E-state index contributed by atoms with van der Waals surface area (Å²) >= 11 is 6.25. The Balaban J connectivity index is 1.93. The quantitative estimate of drug-likeness (QED) is 0.705. The summed E-state index contributed by atoms with van der Waals surface area (Å²) in [4.78, 5) is 29.8. The number of anilines is 1. The lowest BCUT2D eigenvalue weighted by atomic mass is 9.94. The predicted octanol–water partition coefficient (Wildman–Crippen LogP) is 3.59. The lowest BCUT2D eigenvalue weighted by Crippen LogP contribution is -2.62. The third kappa shape index (κ3) is 4.82. The lowest BCUT2D eigenvalue weighted by molar-refractivity contribution is -0.144. The number of amides is 2. The summed E-state index contributed by atoms with van der Waals surface area (Å²) in [6.07, 6.45) is 1.83. The molecule has 0 radical (unpaired) electrons. The van der Waals surface area contributed by atoms with E-state index in [-0.39, 0.29) is 12.5 Å². The second-order valence-electron chi connectivity index (χ2n) is 9.03. The largest absolute Gasteiger partial charge is 0.489 e. The van der Waals surface area contributed by atoms with Crippen LogP contribution in [-0.4, -0.2) is 58.7 Å². The molecule has 2 fully saturated rings. The van der Waals surface area contributed by atoms with Crippen LogP contribution in [0.15, 0.2) is 18.2 Å². The van der Waals surface area contributed by atoms with E-state index in [1.807, 2.05) is 0 Å². The summed E-state index contributed by atoms with van der Waals surface area (Å²) in [5.41, 5.74) is 4.27. The number of nitrogen functional groups attached to an aromatic ring is 1. The van der Waals surface area contributed by atoms with Gasteiger partial charge in [0, 0.05) is 18.8 Å². The van der Waals surface area contributed by atoms with Gasteiger partial charge in [0.25, 0.3) is 5.91 Å². The summed E-state index contributed by atoms with van der Waals surface area (Å²) < 4.78 is 11.6. The molecule has 2 amide bonds. The Hall–Kier alpha value is -2.66. The molecule has 9 heteroatoms. The number of likely N-dealkylation sites (tertiary alicyclic amines) is 2. The molecular formula is C22H29ClN4O4. The molecule has 1 aromatic rings. The Morgan fingerprint density at radius 2 is 2.06 bits per heavy atom. The predicted molar refractivity (Wildman–Crippen MR) is 117 cm³/mol. The number of carbonyl (C=O) groups excluding carboxylic acids is 2. The van der Waals surface area contributed by atoms with Crippen molar-refractivity contribution in [1.29, 1.82) is 5.26 Å². The fourth-order valence-corrected chi connectivity index (χ4v) is 4.38. The first-order valence-electron chi connectivity index (χ1n) is 10.5. The summed E-state index contributed by atoms with van der Waals surface area (Å²) in [5.74, 6) is 0.0869. The van der Waals surface area contributed by atoms with Gasteiger partial charge >= 0.3 is 6.09 Å². The van der Waals surface area contributed by atoms with Crippen LogP contribution in [0.25, 0.3) is 0 Å². The Bertz CT molecular complexity index is 894. The van der Waals surface area contributed by atoms with Gasteiger partial charge in [-0.05, 0) is 64.7 Å². The average Bonchev–Trinajstić information content (AvgIpc) is 3.33. The molecule has 31 heavy (non-hydrogen) atoms. The highest BCUT2D eigenvalue weighted by atomic mass is 35.5. The molecule has 8 nitrogen and oxygen atoms in total. The highest BCUT2D eigenvalue weighted by Gasteiger charge is 2.54. The van der Waals surface area contributed by atoms with Crippen LogP contribution < -0.4 is 10.5 Å². The Morgan fingerprint density at radius 1 is 1.32 bits per heavy atom. The normalized spacial score (nSPS) is 23.5. The second-order valence-corrected chi connectivity index (χ2v) is 9.44. The van der Waals surface area contributed by atoms with E-state index in [4.69, 9.17) is 26.8 Å². The van der Waals surface area contributed by atoms with Gasteiger partial charge in [0.15, 0.2) is 5.54 Å². The molecule has 2 atom stereocenters. The first-order valence-corrected chi connectivity index (χ1v) is 10.8. The number of ether oxygens (including phenoxy) is 2. The first kappa shape index (κ1) is 23.0. The zero-order valence-electron chi connectivity index (χ0n) is 18.2. The SMILES string of the molecule is CC(C)(C)OC(=O)N1CCC[C@@]1(COc1ccc(N)cc1Cl)C(=O)N1CCC[C@H]1C#N.